The van der Waals surface area contributed by atoms with Gasteiger partial charge >= 0.3 is 5.92 Å². The minimum Gasteiger partial charge on any atom is -0.320 e. The fraction of sp³-hybridized carbons (Fsp3) is 1.00. The van der Waals surface area contributed by atoms with E-state index in [9.17, 15) is 13.2 Å². The van der Waals surface area contributed by atoms with Crippen LogP contribution in [-0.2, 0) is 0 Å². The van der Waals surface area contributed by atoms with Crippen molar-refractivity contribution in [1.82, 2.24) is 0 Å². The van der Waals surface area contributed by atoms with Gasteiger partial charge in [0.15, 0.2) is 8.24 Å². The van der Waals surface area contributed by atoms with Gasteiger partial charge in [-0.15, -0.1) is 0 Å². The molecule has 0 aliphatic heterocycles. The average molecular weight is 310 g/mol. The van der Waals surface area contributed by atoms with Gasteiger partial charge < -0.3 is 4.41 Å². The Morgan fingerprint density at radius 1 is 1.29 bits per heavy atom. The molecule has 0 bridgehead atoms. The van der Waals surface area contributed by atoms with Crippen LogP contribution in [0, 0.1) is 0 Å². The SMILES string of the molecule is CCCP(Br)(=N[Si](C)(C)C)C(F)(F)F. The van der Waals surface area contributed by atoms with E-state index in [2.05, 4.69) is 19.9 Å². The molecule has 86 valence electrons. The van der Waals surface area contributed by atoms with E-state index in [1.54, 1.807) is 6.92 Å². The first-order valence-electron chi connectivity index (χ1n) is 4.41. The van der Waals surface area contributed by atoms with Gasteiger partial charge in [0.25, 0.3) is 0 Å². The summed E-state index contributed by atoms with van der Waals surface area (Å²) >= 11 is 2.86. The smallest absolute Gasteiger partial charge is 0.320 e. The van der Waals surface area contributed by atoms with Crippen LogP contribution in [0.1, 0.15) is 13.3 Å². The summed E-state index contributed by atoms with van der Waals surface area (Å²) in [6.07, 6.45) is 0.618. The monoisotopic (exact) mass is 309 g/mol. The Hall–Kier alpha value is 0.717. The van der Waals surface area contributed by atoms with Crippen LogP contribution in [0.3, 0.4) is 0 Å². The third-order valence-electron chi connectivity index (χ3n) is 1.37. The molecule has 1 atom stereocenters. The first kappa shape index (κ1) is 14.7. The molecule has 7 heteroatoms. The molecule has 14 heavy (non-hydrogen) atoms. The van der Waals surface area contributed by atoms with Gasteiger partial charge in [0.2, 0.25) is 0 Å². The van der Waals surface area contributed by atoms with Crippen molar-refractivity contribution in [2.24, 2.45) is 4.41 Å². The van der Waals surface area contributed by atoms with Gasteiger partial charge in [0, 0.05) is 0 Å². The molecule has 0 aromatic heterocycles. The summed E-state index contributed by atoms with van der Waals surface area (Å²) in [4.78, 5) is 0. The lowest BCUT2D eigenvalue weighted by Gasteiger charge is -2.25. The average Bonchev–Trinajstić information content (AvgIpc) is 1.79. The minimum atomic E-state index is -4.19. The molecule has 1 unspecified atom stereocenters. The highest BCUT2D eigenvalue weighted by molar-refractivity contribution is 9.40. The molecule has 0 saturated carbocycles. The van der Waals surface area contributed by atoms with Gasteiger partial charge in [0.1, 0.15) is 5.76 Å². The van der Waals surface area contributed by atoms with Crippen molar-refractivity contribution in [1.29, 1.82) is 0 Å². The third-order valence-corrected chi connectivity index (χ3v) is 10.5. The Morgan fingerprint density at radius 2 is 1.71 bits per heavy atom. The Morgan fingerprint density at radius 3 is 1.93 bits per heavy atom. The van der Waals surface area contributed by atoms with Crippen LogP contribution < -0.4 is 0 Å². The van der Waals surface area contributed by atoms with Crippen molar-refractivity contribution < 1.29 is 13.2 Å². The summed E-state index contributed by atoms with van der Waals surface area (Å²) in [5.41, 5.74) is 0. The van der Waals surface area contributed by atoms with E-state index in [1.807, 2.05) is 19.6 Å². The second kappa shape index (κ2) is 4.70. The molecule has 0 rings (SSSR count). The molecule has 1 nitrogen and oxygen atoms in total. The van der Waals surface area contributed by atoms with E-state index < -0.39 is 19.9 Å². The maximum Gasteiger partial charge on any atom is 0.428 e. The van der Waals surface area contributed by atoms with Crippen molar-refractivity contribution in [3.8, 4) is 0 Å². The molecular weight excluding hydrogens is 294 g/mol. The summed E-state index contributed by atoms with van der Waals surface area (Å²) < 4.78 is 42.3. The normalized spacial score (nSPS) is 17.7. The number of rotatable bonds is 3. The lowest BCUT2D eigenvalue weighted by Crippen LogP contribution is -2.19. The predicted octanol–water partition coefficient (Wildman–Crippen LogP) is 5.26. The molecule has 0 aromatic rings. The Bertz CT molecular complexity index is 246. The number of alkyl halides is 3. The number of hydrogen-bond donors (Lipinski definition) is 0. The molecule has 0 N–H and O–H groups in total. The lowest BCUT2D eigenvalue weighted by atomic mass is 10.6. The van der Waals surface area contributed by atoms with Crippen LogP contribution >= 0.6 is 21.2 Å². The Balaban J connectivity index is 5.22. The fourth-order valence-electron chi connectivity index (χ4n) is 1.01. The van der Waals surface area contributed by atoms with Gasteiger partial charge in [0.05, 0.1) is 0 Å². The number of nitrogens with zero attached hydrogens (tertiary/aromatic N) is 1. The maximum absolute atomic E-state index is 12.8. The molecule has 0 fully saturated rings. The van der Waals surface area contributed by atoms with Gasteiger partial charge in [-0.25, -0.2) is 0 Å². The standard InChI is InChI=1S/C7H16BrF3NPSi/c1-5-6-13(8,7(9,10)11)12-14(2,3)4/h5-6H2,1-4H3. The van der Waals surface area contributed by atoms with Crippen LogP contribution in [0.4, 0.5) is 13.2 Å². The molecule has 0 aliphatic rings. The topological polar surface area (TPSA) is 12.4 Å². The van der Waals surface area contributed by atoms with E-state index >= 15 is 0 Å². The van der Waals surface area contributed by atoms with Gasteiger partial charge in [-0.1, -0.05) is 26.6 Å². The quantitative estimate of drug-likeness (QED) is 0.498. The van der Waals surface area contributed by atoms with E-state index in [0.717, 1.165) is 0 Å². The second-order valence-corrected chi connectivity index (χ2v) is 15.1. The fourth-order valence-corrected chi connectivity index (χ4v) is 11.9. The third kappa shape index (κ3) is 4.49. The zero-order valence-electron chi connectivity index (χ0n) is 8.82. The van der Waals surface area contributed by atoms with Gasteiger partial charge in [-0.3, -0.25) is 0 Å². The second-order valence-electron chi connectivity index (χ2n) is 4.14. The van der Waals surface area contributed by atoms with Crippen molar-refractivity contribution in [2.75, 3.05) is 6.16 Å². The summed E-state index contributed by atoms with van der Waals surface area (Å²) in [5.74, 6) is -7.47. The van der Waals surface area contributed by atoms with E-state index in [-0.39, 0.29) is 6.16 Å². The summed E-state index contributed by atoms with van der Waals surface area (Å²) in [6.45, 7) is 7.22. The van der Waals surface area contributed by atoms with Crippen LogP contribution in [0.15, 0.2) is 4.41 Å². The molecule has 0 aromatic carbocycles. The number of halogens is 4. The predicted molar refractivity (Wildman–Crippen MR) is 62.8 cm³/mol. The van der Waals surface area contributed by atoms with Crippen molar-refractivity contribution in [3.63, 3.8) is 0 Å². The van der Waals surface area contributed by atoms with Crippen molar-refractivity contribution >= 4 is 29.5 Å². The summed E-state index contributed by atoms with van der Waals surface area (Å²) in [7, 11) is -2.03. The van der Waals surface area contributed by atoms with Gasteiger partial charge in [-0.05, 0) is 28.1 Å². The Kier molecular flexibility index (Phi) is 4.94. The molecule has 0 aliphatic carbocycles. The minimum absolute atomic E-state index is 0.112. The molecule has 0 spiro atoms. The van der Waals surface area contributed by atoms with Crippen molar-refractivity contribution in [3.05, 3.63) is 0 Å². The highest BCUT2D eigenvalue weighted by atomic mass is 79.9. The van der Waals surface area contributed by atoms with Crippen LogP contribution in [0.2, 0.25) is 19.6 Å². The maximum atomic E-state index is 12.8. The highest BCUT2D eigenvalue weighted by Gasteiger charge is 2.46. The van der Waals surface area contributed by atoms with E-state index in [4.69, 9.17) is 0 Å². The largest absolute Gasteiger partial charge is 0.428 e. The van der Waals surface area contributed by atoms with E-state index in [0.29, 0.717) is 6.42 Å². The number of hydrogen-bond acceptors (Lipinski definition) is 1. The molecule has 0 amide bonds. The first-order valence-corrected chi connectivity index (χ1v) is 11.8. The summed E-state index contributed by atoms with van der Waals surface area (Å²) in [5, 5.41) is 0. The van der Waals surface area contributed by atoms with Gasteiger partial charge in [-0.2, -0.15) is 13.2 Å². The van der Waals surface area contributed by atoms with Crippen LogP contribution in [-0.4, -0.2) is 20.3 Å². The first-order chi connectivity index (χ1) is 6.02. The summed E-state index contributed by atoms with van der Waals surface area (Å²) in [6, 6.07) is 0. The lowest BCUT2D eigenvalue weighted by molar-refractivity contribution is -0.0396. The van der Waals surface area contributed by atoms with Crippen molar-refractivity contribution in [2.45, 2.75) is 38.9 Å². The van der Waals surface area contributed by atoms with E-state index in [1.165, 1.54) is 0 Å². The molecular formula is C7H16BrF3NPSi. The zero-order valence-corrected chi connectivity index (χ0v) is 12.3. The Labute approximate surface area is 92.4 Å². The molecule has 0 heterocycles. The highest BCUT2D eigenvalue weighted by Crippen LogP contribution is 2.70. The van der Waals surface area contributed by atoms with Crippen LogP contribution in [0.25, 0.3) is 0 Å². The zero-order chi connectivity index (χ0) is 11.6. The van der Waals surface area contributed by atoms with Crippen LogP contribution in [0.5, 0.6) is 0 Å². The molecule has 0 saturated heterocycles. The molecule has 0 radical (unpaired) electrons.